The van der Waals surface area contributed by atoms with Crippen LogP contribution in [0, 0.1) is 0 Å². The van der Waals surface area contributed by atoms with Gasteiger partial charge in [-0.25, -0.2) is 0 Å². The Morgan fingerprint density at radius 2 is 0.687 bits per heavy atom. The number of phenolic OH excluding ortho intramolecular Hbond substituents is 4. The number of nitrogens with zero attached hydrogens (tertiary/aromatic N) is 2. The molecule has 0 unspecified atom stereocenters. The van der Waals surface area contributed by atoms with E-state index < -0.39 is 0 Å². The maximum absolute atomic E-state index is 10.6. The lowest BCUT2D eigenvalue weighted by Crippen LogP contribution is -2.16. The molecule has 6 aromatic rings. The average molecular weight is 1210 g/mol. The molecule has 0 radical (unpaired) electrons. The van der Waals surface area contributed by atoms with E-state index in [1.54, 1.807) is 83.7 Å². The van der Waals surface area contributed by atoms with Crippen LogP contribution >= 0.6 is 47.0 Å². The first-order valence-electron chi connectivity index (χ1n) is 28.1. The van der Waals surface area contributed by atoms with Crippen molar-refractivity contribution in [3.8, 4) is 46.0 Å². The van der Waals surface area contributed by atoms with Gasteiger partial charge in [0, 0.05) is 23.6 Å². The minimum absolute atomic E-state index is 0.195. The fraction of sp³-hybridized carbons (Fsp3) is 0.424. The van der Waals surface area contributed by atoms with Gasteiger partial charge in [-0.1, -0.05) is 142 Å². The van der Waals surface area contributed by atoms with Crippen LogP contribution in [-0.4, -0.2) is 112 Å². The van der Waals surface area contributed by atoms with Crippen LogP contribution in [0.4, 0.5) is 0 Å². The van der Waals surface area contributed by atoms with Crippen LogP contribution < -0.4 is 18.9 Å². The monoisotopic (exact) mass is 1200 g/mol. The van der Waals surface area contributed by atoms with Gasteiger partial charge < -0.3 is 53.6 Å². The Labute approximate surface area is 507 Å². The summed E-state index contributed by atoms with van der Waals surface area (Å²) in [6.45, 7) is 30.3. The summed E-state index contributed by atoms with van der Waals surface area (Å²) in [6.07, 6.45) is 3.11. The molecule has 0 spiro atoms. The van der Waals surface area contributed by atoms with E-state index in [0.29, 0.717) is 73.8 Å². The van der Waals surface area contributed by atoms with Crippen LogP contribution in [-0.2, 0) is 35.9 Å². The standard InChI is InChI=1S/C66H80N2O11S4/c1-63(2,3)43-31-49-59(76-21-19-67-39-41-15-13-17-47(69)57(41)71)50(32-43)81-54-36-46(66(10,11)12)38-56-62(54)79-30-28-75-26-24-73-23-25-74-27-29-78-61-53(80-49)35-45(65(7,8)9)37-55(61)82-51-33-44(64(4,5)6)34-52(83-56)60(51)77-22-20-68-40-42-16-14-18-48(70)58(42)72/h13-18,31-40,69-72H,19-30H2,1-12H3. The molecule has 6 aromatic carbocycles. The Kier molecular flexibility index (Phi) is 21.1. The van der Waals surface area contributed by atoms with Crippen molar-refractivity contribution in [2.75, 3.05) is 79.2 Å². The molecule has 17 heteroatoms. The van der Waals surface area contributed by atoms with Gasteiger partial charge in [-0.15, -0.1) is 0 Å². The predicted octanol–water partition coefficient (Wildman–Crippen LogP) is 15.4. The second kappa shape index (κ2) is 27.6. The van der Waals surface area contributed by atoms with Gasteiger partial charge in [-0.2, -0.15) is 0 Å². The molecule has 2 aliphatic rings. The highest BCUT2D eigenvalue weighted by Gasteiger charge is 2.31. The summed E-state index contributed by atoms with van der Waals surface area (Å²) >= 11 is 6.40. The third-order valence-corrected chi connectivity index (χ3v) is 17.8. The lowest BCUT2D eigenvalue weighted by molar-refractivity contribution is 0.00450. The molecule has 83 heavy (non-hydrogen) atoms. The minimum atomic E-state index is -0.296. The number of para-hydroxylation sites is 2. The zero-order chi connectivity index (χ0) is 59.7. The summed E-state index contributed by atoms with van der Waals surface area (Å²) in [6, 6.07) is 27.5. The Hall–Kier alpha value is -5.66. The van der Waals surface area contributed by atoms with Crippen molar-refractivity contribution in [2.24, 2.45) is 9.98 Å². The molecule has 0 saturated carbocycles. The van der Waals surface area contributed by atoms with Crippen molar-refractivity contribution in [3.05, 3.63) is 118 Å². The summed E-state index contributed by atoms with van der Waals surface area (Å²) < 4.78 is 46.4. The molecule has 8 rings (SSSR count). The summed E-state index contributed by atoms with van der Waals surface area (Å²) in [5, 5.41) is 41.6. The number of hydrogen-bond donors (Lipinski definition) is 4. The van der Waals surface area contributed by atoms with Gasteiger partial charge in [-0.05, 0) is 117 Å². The van der Waals surface area contributed by atoms with Gasteiger partial charge in [0.05, 0.1) is 91.9 Å². The largest absolute Gasteiger partial charge is 0.504 e. The summed E-state index contributed by atoms with van der Waals surface area (Å²) in [7, 11) is 0. The number of fused-ring (bicyclic) bond motifs is 2. The molecule has 0 amide bonds. The highest BCUT2D eigenvalue weighted by molar-refractivity contribution is 8.01. The second-order valence-electron chi connectivity index (χ2n) is 24.3. The van der Waals surface area contributed by atoms with Crippen LogP contribution in [0.25, 0.3) is 0 Å². The maximum Gasteiger partial charge on any atom is 0.166 e. The fourth-order valence-corrected chi connectivity index (χ4v) is 13.5. The van der Waals surface area contributed by atoms with Gasteiger partial charge in [-0.3, -0.25) is 9.98 Å². The summed E-state index contributed by atoms with van der Waals surface area (Å²) in [5.41, 5.74) is 4.05. The van der Waals surface area contributed by atoms with Crippen LogP contribution in [0.3, 0.4) is 0 Å². The van der Waals surface area contributed by atoms with Crippen molar-refractivity contribution in [1.29, 1.82) is 0 Å². The first-order valence-corrected chi connectivity index (χ1v) is 31.3. The van der Waals surface area contributed by atoms with Gasteiger partial charge in [0.2, 0.25) is 0 Å². The van der Waals surface area contributed by atoms with E-state index in [2.05, 4.69) is 142 Å². The normalized spacial score (nSPS) is 15.2. The number of benzene rings is 6. The molecule has 0 saturated heterocycles. The smallest absolute Gasteiger partial charge is 0.166 e. The van der Waals surface area contributed by atoms with Crippen LogP contribution in [0.1, 0.15) is 116 Å². The molecular formula is C66H80N2O11S4. The fourth-order valence-electron chi connectivity index (χ4n) is 8.67. The second-order valence-corrected chi connectivity index (χ2v) is 28.7. The number of hydrogen-bond acceptors (Lipinski definition) is 17. The molecule has 0 aromatic heterocycles. The molecule has 13 nitrogen and oxygen atoms in total. The molecule has 0 atom stereocenters. The minimum Gasteiger partial charge on any atom is -0.504 e. The Balaban J connectivity index is 1.40. The predicted molar refractivity (Wildman–Crippen MR) is 336 cm³/mol. The topological polar surface area (TPSA) is 170 Å². The van der Waals surface area contributed by atoms with Crippen LogP contribution in [0.5, 0.6) is 46.0 Å². The lowest BCUT2D eigenvalue weighted by Gasteiger charge is -2.28. The Morgan fingerprint density at radius 1 is 0.410 bits per heavy atom. The van der Waals surface area contributed by atoms with E-state index in [4.69, 9.17) is 33.2 Å². The van der Waals surface area contributed by atoms with Crippen molar-refractivity contribution < 1.29 is 53.6 Å². The van der Waals surface area contributed by atoms with Crippen molar-refractivity contribution >= 4 is 59.5 Å². The Morgan fingerprint density at radius 3 is 0.976 bits per heavy atom. The van der Waals surface area contributed by atoms with E-state index in [-0.39, 0.29) is 84.2 Å². The van der Waals surface area contributed by atoms with Crippen molar-refractivity contribution in [2.45, 2.75) is 144 Å². The van der Waals surface area contributed by atoms with Gasteiger partial charge >= 0.3 is 0 Å². The third kappa shape index (κ3) is 16.8. The number of rotatable bonds is 10. The number of aromatic hydroxyl groups is 4. The molecule has 4 N–H and O–H groups in total. The van der Waals surface area contributed by atoms with E-state index in [1.807, 2.05) is 0 Å². The molecule has 444 valence electrons. The molecule has 2 heterocycles. The number of phenols is 4. The highest BCUT2D eigenvalue weighted by atomic mass is 32.2. The molecular weight excluding hydrogens is 1120 g/mol. The Bertz CT molecular complexity index is 2990. The average Bonchev–Trinajstić information content (AvgIpc) is 3.31. The quantitative estimate of drug-likeness (QED) is 0.0579. The first kappa shape index (κ1) is 63.4. The lowest BCUT2D eigenvalue weighted by atomic mass is 9.87. The van der Waals surface area contributed by atoms with E-state index in [9.17, 15) is 20.4 Å². The highest BCUT2D eigenvalue weighted by Crippen LogP contribution is 2.56. The van der Waals surface area contributed by atoms with E-state index in [1.165, 1.54) is 12.1 Å². The molecule has 10 bridgehead atoms. The van der Waals surface area contributed by atoms with Gasteiger partial charge in [0.25, 0.3) is 0 Å². The van der Waals surface area contributed by atoms with Crippen molar-refractivity contribution in [1.82, 2.24) is 0 Å². The summed E-state index contributed by atoms with van der Waals surface area (Å²) in [4.78, 5) is 16.4. The SMILES string of the molecule is CC(C)(C)c1cc2c(OCCN=Cc3cccc(O)c3O)c(c1)Sc1cc(C(C)(C)C)cc3c1OCCOCCOCCOCCOc1c(cc(C(C)(C)C)cc1Sc1cc(C(C)(C)C)cc(c1OCCN=Cc1cccc(O)c1O)S3)S2. The summed E-state index contributed by atoms with van der Waals surface area (Å²) in [5.74, 6) is 1.81. The molecule has 0 fully saturated rings. The number of ether oxygens (including phenoxy) is 7. The van der Waals surface area contributed by atoms with E-state index >= 15 is 0 Å². The first-order chi connectivity index (χ1) is 39.3. The van der Waals surface area contributed by atoms with E-state index in [0.717, 1.165) is 61.4 Å². The van der Waals surface area contributed by atoms with Crippen LogP contribution in [0.15, 0.2) is 134 Å². The molecule has 2 aliphatic heterocycles. The maximum atomic E-state index is 10.6. The van der Waals surface area contributed by atoms with Crippen molar-refractivity contribution in [3.63, 3.8) is 0 Å². The zero-order valence-electron chi connectivity index (χ0n) is 49.9. The number of aliphatic imine (C=N–C) groups is 2. The zero-order valence-corrected chi connectivity index (χ0v) is 53.2. The van der Waals surface area contributed by atoms with Gasteiger partial charge in [0.15, 0.2) is 23.0 Å². The van der Waals surface area contributed by atoms with Gasteiger partial charge in [0.1, 0.15) is 49.4 Å². The molecule has 0 aliphatic carbocycles. The van der Waals surface area contributed by atoms with Crippen LogP contribution in [0.2, 0.25) is 0 Å². The third-order valence-electron chi connectivity index (χ3n) is 13.6.